The van der Waals surface area contributed by atoms with Gasteiger partial charge in [0.25, 0.3) is 0 Å². The molecule has 1 aliphatic heterocycles. The summed E-state index contributed by atoms with van der Waals surface area (Å²) in [6.45, 7) is 1.71. The summed E-state index contributed by atoms with van der Waals surface area (Å²) in [6, 6.07) is 12.7. The maximum Gasteiger partial charge on any atom is 0.326 e. The van der Waals surface area contributed by atoms with Crippen molar-refractivity contribution in [1.82, 2.24) is 4.90 Å². The number of amides is 1. The van der Waals surface area contributed by atoms with Gasteiger partial charge in [0, 0.05) is 10.0 Å². The van der Waals surface area contributed by atoms with Crippen molar-refractivity contribution in [1.29, 1.82) is 0 Å². The molecule has 1 saturated heterocycles. The Morgan fingerprint density at radius 1 is 1.18 bits per heavy atom. The quantitative estimate of drug-likeness (QED) is 0.720. The predicted molar refractivity (Wildman–Crippen MR) is 108 cm³/mol. The van der Waals surface area contributed by atoms with E-state index in [1.807, 2.05) is 13.0 Å². The second-order valence-electron chi connectivity index (χ2n) is 6.73. The van der Waals surface area contributed by atoms with Crippen LogP contribution in [0, 0.1) is 0 Å². The van der Waals surface area contributed by atoms with Gasteiger partial charge in [-0.3, -0.25) is 4.79 Å². The molecule has 1 amide bonds. The van der Waals surface area contributed by atoms with Crippen LogP contribution in [0.4, 0.5) is 0 Å². The molecule has 2 aromatic rings. The Labute approximate surface area is 173 Å². The molecule has 3 atom stereocenters. The minimum atomic E-state index is -1.03. The second-order valence-corrected chi connectivity index (χ2v) is 7.60. The van der Waals surface area contributed by atoms with E-state index in [1.54, 1.807) is 42.5 Å². The van der Waals surface area contributed by atoms with Crippen LogP contribution in [-0.4, -0.2) is 34.5 Å². The van der Waals surface area contributed by atoms with Crippen molar-refractivity contribution in [2.24, 2.45) is 0 Å². The number of carboxylic acid groups (broad SMARTS) is 1. The predicted octanol–water partition coefficient (Wildman–Crippen LogP) is 4.89. The van der Waals surface area contributed by atoms with E-state index in [2.05, 4.69) is 0 Å². The molecular weight excluding hydrogens is 401 g/mol. The summed E-state index contributed by atoms with van der Waals surface area (Å²) in [5.74, 6) is -1.38. The summed E-state index contributed by atoms with van der Waals surface area (Å²) in [5, 5.41) is 10.9. The zero-order valence-electron chi connectivity index (χ0n) is 15.3. The highest BCUT2D eigenvalue weighted by Gasteiger charge is 2.44. The van der Waals surface area contributed by atoms with Gasteiger partial charge < -0.3 is 14.7 Å². The van der Waals surface area contributed by atoms with Crippen LogP contribution in [0.3, 0.4) is 0 Å². The van der Waals surface area contributed by atoms with Crippen molar-refractivity contribution in [3.63, 3.8) is 0 Å². The summed E-state index contributed by atoms with van der Waals surface area (Å²) in [5.41, 5.74) is 1.54. The van der Waals surface area contributed by atoms with Crippen LogP contribution in [0.25, 0.3) is 0 Å². The Balaban J connectivity index is 2.12. The SMILES string of the molecule is CCC[C@H](C(=O)O)N1C(=O)CO[C@@H](c2cccc(Cl)c2)[C@H]1c1ccc(Cl)cc1. The molecule has 0 unspecified atom stereocenters. The Morgan fingerprint density at radius 3 is 2.50 bits per heavy atom. The first kappa shape index (κ1) is 20.6. The third-order valence-corrected chi connectivity index (χ3v) is 5.32. The Morgan fingerprint density at radius 2 is 1.89 bits per heavy atom. The summed E-state index contributed by atoms with van der Waals surface area (Å²) in [4.78, 5) is 26.2. The lowest BCUT2D eigenvalue weighted by molar-refractivity contribution is -0.171. The minimum absolute atomic E-state index is 0.186. The van der Waals surface area contributed by atoms with Crippen molar-refractivity contribution >= 4 is 35.1 Å². The normalized spacial score (nSPS) is 20.8. The molecule has 5 nitrogen and oxygen atoms in total. The standard InChI is InChI=1S/C21H21Cl2NO4/c1-2-4-17(21(26)27)24-18(25)12-28-20(14-5-3-6-16(23)11-14)19(24)13-7-9-15(22)10-8-13/h3,5-11,17,19-20H,2,4,12H2,1H3,(H,26,27)/t17-,19-,20+/m1/s1. The summed E-state index contributed by atoms with van der Waals surface area (Å²) >= 11 is 12.2. The van der Waals surface area contributed by atoms with Gasteiger partial charge in [0.15, 0.2) is 0 Å². The van der Waals surface area contributed by atoms with Gasteiger partial charge in [-0.25, -0.2) is 4.79 Å². The highest BCUT2D eigenvalue weighted by molar-refractivity contribution is 6.30. The summed E-state index contributed by atoms with van der Waals surface area (Å²) in [6.07, 6.45) is 0.445. The average Bonchev–Trinajstić information content (AvgIpc) is 2.67. The van der Waals surface area contributed by atoms with E-state index in [9.17, 15) is 14.7 Å². The molecular formula is C21H21Cl2NO4. The van der Waals surface area contributed by atoms with E-state index < -0.39 is 24.2 Å². The Bertz CT molecular complexity index is 856. The third kappa shape index (κ3) is 4.32. The summed E-state index contributed by atoms with van der Waals surface area (Å²) < 4.78 is 5.89. The highest BCUT2D eigenvalue weighted by atomic mass is 35.5. The fraction of sp³-hybridized carbons (Fsp3) is 0.333. The number of carbonyl (C=O) groups is 2. The molecule has 3 rings (SSSR count). The van der Waals surface area contributed by atoms with Crippen LogP contribution in [0.1, 0.15) is 43.0 Å². The van der Waals surface area contributed by atoms with Crippen LogP contribution in [0.5, 0.6) is 0 Å². The number of ether oxygens (including phenoxy) is 1. The van der Waals surface area contributed by atoms with Crippen LogP contribution < -0.4 is 0 Å². The molecule has 7 heteroatoms. The largest absolute Gasteiger partial charge is 0.480 e. The minimum Gasteiger partial charge on any atom is -0.480 e. The van der Waals surface area contributed by atoms with E-state index in [0.29, 0.717) is 22.9 Å². The smallest absolute Gasteiger partial charge is 0.326 e. The van der Waals surface area contributed by atoms with E-state index in [0.717, 1.165) is 11.1 Å². The van der Waals surface area contributed by atoms with Crippen molar-refractivity contribution in [2.75, 3.05) is 6.61 Å². The second kappa shape index (κ2) is 8.95. The average molecular weight is 422 g/mol. The van der Waals surface area contributed by atoms with Crippen molar-refractivity contribution in [2.45, 2.75) is 38.0 Å². The fourth-order valence-corrected chi connectivity index (χ4v) is 3.93. The van der Waals surface area contributed by atoms with Gasteiger partial charge in [-0.15, -0.1) is 0 Å². The van der Waals surface area contributed by atoms with Gasteiger partial charge in [-0.05, 0) is 41.8 Å². The number of aliphatic carboxylic acids is 1. The van der Waals surface area contributed by atoms with Gasteiger partial charge in [0.05, 0.1) is 6.04 Å². The maximum absolute atomic E-state index is 12.8. The molecule has 0 spiro atoms. The Hall–Kier alpha value is -2.08. The zero-order chi connectivity index (χ0) is 20.3. The van der Waals surface area contributed by atoms with Gasteiger partial charge in [0.2, 0.25) is 5.91 Å². The number of nitrogens with zero attached hydrogens (tertiary/aromatic N) is 1. The highest BCUT2D eigenvalue weighted by Crippen LogP contribution is 2.42. The van der Waals surface area contributed by atoms with Crippen LogP contribution in [0.2, 0.25) is 10.0 Å². The van der Waals surface area contributed by atoms with Crippen molar-refractivity contribution in [3.8, 4) is 0 Å². The molecule has 1 fully saturated rings. The van der Waals surface area contributed by atoms with Gasteiger partial charge in [-0.2, -0.15) is 0 Å². The lowest BCUT2D eigenvalue weighted by Gasteiger charge is -2.44. The number of hydrogen-bond acceptors (Lipinski definition) is 3. The van der Waals surface area contributed by atoms with Crippen LogP contribution >= 0.6 is 23.2 Å². The van der Waals surface area contributed by atoms with E-state index in [4.69, 9.17) is 27.9 Å². The first-order valence-electron chi connectivity index (χ1n) is 9.09. The first-order valence-corrected chi connectivity index (χ1v) is 9.84. The molecule has 0 aromatic heterocycles. The third-order valence-electron chi connectivity index (χ3n) is 4.83. The number of morpholine rings is 1. The molecule has 28 heavy (non-hydrogen) atoms. The van der Waals surface area contributed by atoms with Crippen LogP contribution in [-0.2, 0) is 14.3 Å². The fourth-order valence-electron chi connectivity index (χ4n) is 3.61. The van der Waals surface area contributed by atoms with Gasteiger partial charge >= 0.3 is 5.97 Å². The molecule has 148 valence electrons. The van der Waals surface area contributed by atoms with E-state index in [-0.39, 0.29) is 12.5 Å². The lowest BCUT2D eigenvalue weighted by atomic mass is 9.91. The molecule has 0 aliphatic carbocycles. The molecule has 1 N–H and O–H groups in total. The molecule has 1 aliphatic rings. The van der Waals surface area contributed by atoms with E-state index in [1.165, 1.54) is 4.90 Å². The number of carbonyl (C=O) groups excluding carboxylic acids is 1. The van der Waals surface area contributed by atoms with Crippen LogP contribution in [0.15, 0.2) is 48.5 Å². The van der Waals surface area contributed by atoms with Crippen molar-refractivity contribution < 1.29 is 19.4 Å². The lowest BCUT2D eigenvalue weighted by Crippen LogP contribution is -2.53. The van der Waals surface area contributed by atoms with Crippen molar-refractivity contribution in [3.05, 3.63) is 69.7 Å². The van der Waals surface area contributed by atoms with E-state index >= 15 is 0 Å². The molecule has 0 radical (unpaired) electrons. The number of carboxylic acids is 1. The number of hydrogen-bond donors (Lipinski definition) is 1. The zero-order valence-corrected chi connectivity index (χ0v) is 16.9. The number of rotatable bonds is 6. The number of benzene rings is 2. The molecule has 0 bridgehead atoms. The number of halogens is 2. The topological polar surface area (TPSA) is 66.8 Å². The van der Waals surface area contributed by atoms with Gasteiger partial charge in [0.1, 0.15) is 18.8 Å². The maximum atomic E-state index is 12.8. The Kier molecular flexibility index (Phi) is 6.60. The molecule has 0 saturated carbocycles. The monoisotopic (exact) mass is 421 g/mol. The molecule has 2 aromatic carbocycles. The first-order chi connectivity index (χ1) is 13.4. The molecule has 1 heterocycles. The summed E-state index contributed by atoms with van der Waals surface area (Å²) in [7, 11) is 0. The van der Waals surface area contributed by atoms with Gasteiger partial charge in [-0.1, -0.05) is 60.8 Å².